The third-order valence-corrected chi connectivity index (χ3v) is 5.45. The van der Waals surface area contributed by atoms with Gasteiger partial charge in [-0.15, -0.1) is 0 Å². The van der Waals surface area contributed by atoms with Crippen molar-refractivity contribution in [3.05, 3.63) is 58.9 Å². The van der Waals surface area contributed by atoms with Gasteiger partial charge in [-0.3, -0.25) is 4.79 Å². The van der Waals surface area contributed by atoms with Gasteiger partial charge in [-0.25, -0.2) is 8.42 Å². The van der Waals surface area contributed by atoms with Gasteiger partial charge in [0.05, 0.1) is 24.5 Å². The Balaban J connectivity index is 2.24. The van der Waals surface area contributed by atoms with Gasteiger partial charge in [0.1, 0.15) is 16.4 Å². The zero-order valence-corrected chi connectivity index (χ0v) is 13.9. The third kappa shape index (κ3) is 2.63. The van der Waals surface area contributed by atoms with Crippen molar-refractivity contribution in [2.45, 2.75) is 9.79 Å². The van der Waals surface area contributed by atoms with Crippen LogP contribution in [0, 0.1) is 0 Å². The van der Waals surface area contributed by atoms with E-state index < -0.39 is 15.3 Å². The minimum Gasteiger partial charge on any atom is -0.497 e. The third-order valence-electron chi connectivity index (χ3n) is 3.69. The fraction of sp³-hybridized carbons (Fsp3) is 0.118. The molecule has 3 rings (SSSR count). The summed E-state index contributed by atoms with van der Waals surface area (Å²) in [7, 11) is -1.05. The maximum Gasteiger partial charge on any atom is 0.212 e. The van der Waals surface area contributed by atoms with Crippen LogP contribution in [-0.2, 0) is 9.84 Å². The van der Waals surface area contributed by atoms with E-state index in [9.17, 15) is 13.2 Å². The van der Waals surface area contributed by atoms with Crippen LogP contribution in [0.25, 0.3) is 10.9 Å². The molecule has 0 spiro atoms. The Morgan fingerprint density at radius 1 is 0.958 bits per heavy atom. The maximum absolute atomic E-state index is 12.8. The summed E-state index contributed by atoms with van der Waals surface area (Å²) in [5, 5.41) is 0.248. The molecule has 1 N–H and O–H groups in total. The zero-order chi connectivity index (χ0) is 17.3. The van der Waals surface area contributed by atoms with Gasteiger partial charge in [-0.2, -0.15) is 0 Å². The van der Waals surface area contributed by atoms with E-state index in [1.54, 1.807) is 24.3 Å². The predicted molar refractivity (Wildman–Crippen MR) is 89.6 cm³/mol. The topological polar surface area (TPSA) is 85.5 Å². The van der Waals surface area contributed by atoms with Crippen LogP contribution in [0.2, 0.25) is 0 Å². The largest absolute Gasteiger partial charge is 0.497 e. The van der Waals surface area contributed by atoms with E-state index >= 15 is 0 Å². The van der Waals surface area contributed by atoms with Gasteiger partial charge in [0, 0.05) is 11.7 Å². The lowest BCUT2D eigenvalue weighted by atomic mass is 10.2. The summed E-state index contributed by atoms with van der Waals surface area (Å²) in [6, 6.07) is 10.9. The van der Waals surface area contributed by atoms with Crippen LogP contribution in [0.1, 0.15) is 0 Å². The van der Waals surface area contributed by atoms with Gasteiger partial charge in [0.25, 0.3) is 0 Å². The molecule has 6 nitrogen and oxygen atoms in total. The van der Waals surface area contributed by atoms with Crippen molar-refractivity contribution in [2.24, 2.45) is 0 Å². The number of H-pyrrole nitrogens is 1. The molecule has 0 aliphatic carbocycles. The average Bonchev–Trinajstić information content (AvgIpc) is 2.61. The molecule has 0 aliphatic heterocycles. The summed E-state index contributed by atoms with van der Waals surface area (Å²) in [5.74, 6) is 0.874. The minimum atomic E-state index is -3.98. The van der Waals surface area contributed by atoms with Crippen LogP contribution in [0.4, 0.5) is 0 Å². The Morgan fingerprint density at radius 2 is 1.67 bits per heavy atom. The number of pyridine rings is 1. The van der Waals surface area contributed by atoms with Gasteiger partial charge >= 0.3 is 0 Å². The Morgan fingerprint density at radius 3 is 2.38 bits per heavy atom. The number of ether oxygens (including phenoxy) is 2. The molecule has 0 radical (unpaired) electrons. The number of fused-ring (bicyclic) bond motifs is 1. The average molecular weight is 345 g/mol. The number of methoxy groups -OCH3 is 2. The number of hydrogen-bond donors (Lipinski definition) is 1. The molecule has 0 unspecified atom stereocenters. The molecule has 0 saturated heterocycles. The fourth-order valence-corrected chi connectivity index (χ4v) is 3.75. The highest BCUT2D eigenvalue weighted by Crippen LogP contribution is 2.24. The lowest BCUT2D eigenvalue weighted by molar-refractivity contribution is 0.413. The van der Waals surface area contributed by atoms with Crippen LogP contribution in [-0.4, -0.2) is 27.6 Å². The number of aromatic amines is 1. The molecule has 2 aromatic carbocycles. The first-order valence-electron chi connectivity index (χ1n) is 7.06. The maximum atomic E-state index is 12.8. The normalized spacial score (nSPS) is 11.4. The highest BCUT2D eigenvalue weighted by Gasteiger charge is 2.23. The van der Waals surface area contributed by atoms with Crippen LogP contribution in [0.3, 0.4) is 0 Å². The molecule has 0 bridgehead atoms. The van der Waals surface area contributed by atoms with E-state index in [1.807, 2.05) is 0 Å². The van der Waals surface area contributed by atoms with E-state index in [2.05, 4.69) is 4.98 Å². The van der Waals surface area contributed by atoms with Crippen molar-refractivity contribution < 1.29 is 17.9 Å². The summed E-state index contributed by atoms with van der Waals surface area (Å²) < 4.78 is 35.8. The van der Waals surface area contributed by atoms with E-state index in [4.69, 9.17) is 9.47 Å². The van der Waals surface area contributed by atoms with E-state index in [1.165, 1.54) is 38.6 Å². The second kappa shape index (κ2) is 6.01. The fourth-order valence-electron chi connectivity index (χ4n) is 2.40. The minimum absolute atomic E-state index is 0.00500. The van der Waals surface area contributed by atoms with Gasteiger partial charge in [0.15, 0.2) is 0 Å². The van der Waals surface area contributed by atoms with E-state index in [-0.39, 0.29) is 15.2 Å². The number of hydrogen-bond acceptors (Lipinski definition) is 5. The predicted octanol–water partition coefficient (Wildman–Crippen LogP) is 2.38. The summed E-state index contributed by atoms with van der Waals surface area (Å²) >= 11 is 0. The lowest BCUT2D eigenvalue weighted by Crippen LogP contribution is -2.16. The van der Waals surface area contributed by atoms with Gasteiger partial charge in [-0.05, 0) is 36.4 Å². The molecule has 0 aliphatic rings. The molecule has 1 heterocycles. The number of aromatic nitrogens is 1. The molecule has 1 aromatic heterocycles. The monoisotopic (exact) mass is 345 g/mol. The standard InChI is InChI=1S/C17H15NO5S/c1-22-11-4-3-5-13(8-11)24(20,21)16-10-18-15-7-6-12(23-2)9-14(15)17(16)19/h3-10H,1-2H3,(H,18,19). The summed E-state index contributed by atoms with van der Waals surface area (Å²) in [4.78, 5) is 15.2. The van der Waals surface area contributed by atoms with Crippen LogP contribution >= 0.6 is 0 Å². The Hall–Kier alpha value is -2.80. The molecule has 0 fully saturated rings. The molecular formula is C17H15NO5S. The van der Waals surface area contributed by atoms with Crippen molar-refractivity contribution >= 4 is 20.7 Å². The van der Waals surface area contributed by atoms with E-state index in [0.717, 1.165) is 0 Å². The van der Waals surface area contributed by atoms with Crippen LogP contribution in [0.15, 0.2) is 63.2 Å². The number of rotatable bonds is 4. The van der Waals surface area contributed by atoms with Crippen LogP contribution in [0.5, 0.6) is 11.5 Å². The van der Waals surface area contributed by atoms with Crippen molar-refractivity contribution in [3.63, 3.8) is 0 Å². The molecule has 3 aromatic rings. The first-order valence-corrected chi connectivity index (χ1v) is 8.54. The second-order valence-electron chi connectivity index (χ2n) is 5.08. The molecule has 24 heavy (non-hydrogen) atoms. The van der Waals surface area contributed by atoms with Crippen LogP contribution < -0.4 is 14.9 Å². The second-order valence-corrected chi connectivity index (χ2v) is 6.99. The summed E-state index contributed by atoms with van der Waals surface area (Å²) in [6.45, 7) is 0. The van der Waals surface area contributed by atoms with Crippen molar-refractivity contribution in [2.75, 3.05) is 14.2 Å². The van der Waals surface area contributed by atoms with E-state index in [0.29, 0.717) is 17.0 Å². The Labute approximate surface area is 138 Å². The summed E-state index contributed by atoms with van der Waals surface area (Å²) in [5.41, 5.74) is -0.0455. The molecular weight excluding hydrogens is 330 g/mol. The quantitative estimate of drug-likeness (QED) is 0.785. The smallest absolute Gasteiger partial charge is 0.212 e. The van der Waals surface area contributed by atoms with Crippen molar-refractivity contribution in [3.8, 4) is 11.5 Å². The lowest BCUT2D eigenvalue weighted by Gasteiger charge is -2.08. The molecule has 0 saturated carbocycles. The SMILES string of the molecule is COc1cccc(S(=O)(=O)c2c[nH]c3ccc(OC)cc3c2=O)c1. The van der Waals surface area contributed by atoms with Gasteiger partial charge in [0.2, 0.25) is 15.3 Å². The Bertz CT molecular complexity index is 1070. The highest BCUT2D eigenvalue weighted by atomic mass is 32.2. The summed E-state index contributed by atoms with van der Waals surface area (Å²) in [6.07, 6.45) is 1.21. The highest BCUT2D eigenvalue weighted by molar-refractivity contribution is 7.91. The van der Waals surface area contributed by atoms with Crippen molar-refractivity contribution in [1.82, 2.24) is 4.98 Å². The molecule has 7 heteroatoms. The number of sulfone groups is 1. The van der Waals surface area contributed by atoms with Crippen molar-refractivity contribution in [1.29, 1.82) is 0 Å². The van der Waals surface area contributed by atoms with Gasteiger partial charge < -0.3 is 14.5 Å². The number of benzene rings is 2. The zero-order valence-electron chi connectivity index (χ0n) is 13.1. The van der Waals surface area contributed by atoms with Gasteiger partial charge in [-0.1, -0.05) is 6.07 Å². The number of nitrogens with one attached hydrogen (secondary N) is 1. The first-order chi connectivity index (χ1) is 11.5. The molecule has 0 atom stereocenters. The first kappa shape index (κ1) is 16.1. The Kier molecular flexibility index (Phi) is 4.02. The molecule has 0 amide bonds. The molecule has 124 valence electrons.